The molecule has 94 valence electrons. The van der Waals surface area contributed by atoms with E-state index in [2.05, 4.69) is 5.32 Å². The van der Waals surface area contributed by atoms with Gasteiger partial charge in [0.25, 0.3) is 5.24 Å². The maximum atomic E-state index is 11.6. The maximum Gasteiger partial charge on any atom is 0.317 e. The first-order valence-electron chi connectivity index (χ1n) is 5.65. The van der Waals surface area contributed by atoms with E-state index in [0.717, 1.165) is 11.8 Å². The summed E-state index contributed by atoms with van der Waals surface area (Å²) in [7, 11) is 0. The van der Waals surface area contributed by atoms with Crippen LogP contribution in [-0.4, -0.2) is 58.4 Å². The molecule has 1 N–H and O–H groups in total. The van der Waals surface area contributed by atoms with Crippen LogP contribution in [0, 0.1) is 0 Å². The van der Waals surface area contributed by atoms with E-state index in [1.165, 1.54) is 4.90 Å². The number of rotatable bonds is 2. The first kappa shape index (κ1) is 12.2. The molecule has 17 heavy (non-hydrogen) atoms. The molecule has 2 aliphatic heterocycles. The number of imide groups is 1. The SMILES string of the molecule is CCNC(=O)N1CCC(N2C(=O)CSC2=O)C1. The van der Waals surface area contributed by atoms with Gasteiger partial charge in [0.1, 0.15) is 0 Å². The van der Waals surface area contributed by atoms with Gasteiger partial charge in [-0.15, -0.1) is 0 Å². The molecule has 1 unspecified atom stereocenters. The highest BCUT2D eigenvalue weighted by Gasteiger charge is 2.40. The van der Waals surface area contributed by atoms with Gasteiger partial charge in [-0.2, -0.15) is 0 Å². The summed E-state index contributed by atoms with van der Waals surface area (Å²) in [6.07, 6.45) is 0.676. The molecule has 1 atom stereocenters. The number of amides is 4. The van der Waals surface area contributed by atoms with E-state index in [9.17, 15) is 14.4 Å². The minimum Gasteiger partial charge on any atom is -0.338 e. The molecule has 0 spiro atoms. The van der Waals surface area contributed by atoms with Crippen LogP contribution in [0.15, 0.2) is 0 Å². The summed E-state index contributed by atoms with van der Waals surface area (Å²) in [6.45, 7) is 3.48. The van der Waals surface area contributed by atoms with E-state index in [0.29, 0.717) is 26.1 Å². The molecule has 2 aliphatic rings. The van der Waals surface area contributed by atoms with Gasteiger partial charge < -0.3 is 10.2 Å². The third kappa shape index (κ3) is 2.38. The third-order valence-corrected chi connectivity index (χ3v) is 3.76. The Morgan fingerprint density at radius 2 is 2.29 bits per heavy atom. The number of carbonyl (C=O) groups excluding carboxylic acids is 3. The van der Waals surface area contributed by atoms with Gasteiger partial charge in [0, 0.05) is 19.6 Å². The summed E-state index contributed by atoms with van der Waals surface area (Å²) in [5, 5.41) is 2.53. The van der Waals surface area contributed by atoms with Crippen LogP contribution in [0.2, 0.25) is 0 Å². The number of hydrogen-bond acceptors (Lipinski definition) is 4. The van der Waals surface area contributed by atoms with Crippen molar-refractivity contribution in [3.05, 3.63) is 0 Å². The van der Waals surface area contributed by atoms with Crippen molar-refractivity contribution in [2.75, 3.05) is 25.4 Å². The summed E-state index contributed by atoms with van der Waals surface area (Å²) < 4.78 is 0. The Bertz CT molecular complexity index is 345. The van der Waals surface area contributed by atoms with Gasteiger partial charge in [0.15, 0.2) is 0 Å². The Hall–Kier alpha value is -1.24. The molecule has 2 heterocycles. The Morgan fingerprint density at radius 3 is 2.88 bits per heavy atom. The first-order chi connectivity index (χ1) is 8.13. The van der Waals surface area contributed by atoms with Crippen molar-refractivity contribution in [2.45, 2.75) is 19.4 Å². The molecule has 0 aliphatic carbocycles. The normalized spacial score (nSPS) is 24.6. The molecule has 2 saturated heterocycles. The van der Waals surface area contributed by atoms with Crippen molar-refractivity contribution >= 4 is 28.9 Å². The van der Waals surface area contributed by atoms with E-state index >= 15 is 0 Å². The van der Waals surface area contributed by atoms with Crippen LogP contribution in [-0.2, 0) is 4.79 Å². The second-order valence-electron chi connectivity index (χ2n) is 4.04. The minimum atomic E-state index is -0.183. The fraction of sp³-hybridized carbons (Fsp3) is 0.700. The lowest BCUT2D eigenvalue weighted by Crippen LogP contribution is -2.43. The van der Waals surface area contributed by atoms with Crippen LogP contribution in [0.4, 0.5) is 9.59 Å². The zero-order chi connectivity index (χ0) is 12.4. The topological polar surface area (TPSA) is 69.7 Å². The van der Waals surface area contributed by atoms with Crippen molar-refractivity contribution in [1.82, 2.24) is 15.1 Å². The monoisotopic (exact) mass is 257 g/mol. The zero-order valence-electron chi connectivity index (χ0n) is 9.64. The van der Waals surface area contributed by atoms with Gasteiger partial charge in [-0.1, -0.05) is 11.8 Å². The number of nitrogens with zero attached hydrogens (tertiary/aromatic N) is 2. The quantitative estimate of drug-likeness (QED) is 0.781. The van der Waals surface area contributed by atoms with Gasteiger partial charge in [-0.3, -0.25) is 14.5 Å². The lowest BCUT2D eigenvalue weighted by Gasteiger charge is -2.21. The molecular formula is C10H15N3O3S. The predicted molar refractivity (Wildman–Crippen MR) is 63.8 cm³/mol. The third-order valence-electron chi connectivity index (χ3n) is 2.93. The van der Waals surface area contributed by atoms with E-state index in [4.69, 9.17) is 0 Å². The molecule has 2 fully saturated rings. The fourth-order valence-corrected chi connectivity index (χ4v) is 2.89. The van der Waals surface area contributed by atoms with Crippen LogP contribution in [0.25, 0.3) is 0 Å². The molecule has 2 rings (SSSR count). The van der Waals surface area contributed by atoms with E-state index < -0.39 is 0 Å². The van der Waals surface area contributed by atoms with Gasteiger partial charge in [0.05, 0.1) is 11.8 Å². The van der Waals surface area contributed by atoms with Gasteiger partial charge in [0.2, 0.25) is 5.91 Å². The number of hydrogen-bond donors (Lipinski definition) is 1. The van der Waals surface area contributed by atoms with Gasteiger partial charge in [-0.25, -0.2) is 4.79 Å². The molecule has 6 nitrogen and oxygen atoms in total. The number of thioether (sulfide) groups is 1. The highest BCUT2D eigenvalue weighted by Crippen LogP contribution is 2.26. The van der Waals surface area contributed by atoms with E-state index in [1.54, 1.807) is 4.90 Å². The molecule has 0 aromatic heterocycles. The molecule has 7 heteroatoms. The standard InChI is InChI=1S/C10H15N3O3S/c1-2-11-9(15)12-4-3-7(5-12)13-8(14)6-17-10(13)16/h7H,2-6H2,1H3,(H,11,15). The van der Waals surface area contributed by atoms with Crippen LogP contribution >= 0.6 is 11.8 Å². The number of likely N-dealkylation sites (tertiary alicyclic amines) is 1. The predicted octanol–water partition coefficient (Wildman–Crippen LogP) is 0.486. The summed E-state index contributed by atoms with van der Waals surface area (Å²) >= 11 is 1.04. The maximum absolute atomic E-state index is 11.6. The van der Waals surface area contributed by atoms with Crippen LogP contribution < -0.4 is 5.32 Å². The largest absolute Gasteiger partial charge is 0.338 e. The first-order valence-corrected chi connectivity index (χ1v) is 6.63. The molecule has 0 saturated carbocycles. The number of carbonyl (C=O) groups is 3. The smallest absolute Gasteiger partial charge is 0.317 e. The average molecular weight is 257 g/mol. The van der Waals surface area contributed by atoms with Crippen molar-refractivity contribution in [3.8, 4) is 0 Å². The molecule has 0 radical (unpaired) electrons. The van der Waals surface area contributed by atoms with Gasteiger partial charge >= 0.3 is 6.03 Å². The Labute approximate surface area is 104 Å². The second-order valence-corrected chi connectivity index (χ2v) is 4.97. The molecule has 0 aromatic carbocycles. The van der Waals surface area contributed by atoms with E-state index in [1.807, 2.05) is 6.92 Å². The number of nitrogens with one attached hydrogen (secondary N) is 1. The van der Waals surface area contributed by atoms with Crippen LogP contribution in [0.3, 0.4) is 0 Å². The molecular weight excluding hydrogens is 242 g/mol. The molecule has 4 amide bonds. The van der Waals surface area contributed by atoms with Crippen molar-refractivity contribution < 1.29 is 14.4 Å². The summed E-state index contributed by atoms with van der Waals surface area (Å²) in [6, 6.07) is -0.269. The van der Waals surface area contributed by atoms with Crippen molar-refractivity contribution in [1.29, 1.82) is 0 Å². The number of urea groups is 1. The fourth-order valence-electron chi connectivity index (χ4n) is 2.12. The Kier molecular flexibility index (Phi) is 3.56. The second kappa shape index (κ2) is 4.95. The summed E-state index contributed by atoms with van der Waals surface area (Å²) in [5.74, 6) is 0.0963. The minimum absolute atomic E-state index is 0.123. The molecule has 0 bridgehead atoms. The van der Waals surface area contributed by atoms with Crippen molar-refractivity contribution in [3.63, 3.8) is 0 Å². The Balaban J connectivity index is 1.95. The zero-order valence-corrected chi connectivity index (χ0v) is 10.5. The summed E-state index contributed by atoms with van der Waals surface area (Å²) in [5.41, 5.74) is 0. The van der Waals surface area contributed by atoms with Crippen molar-refractivity contribution in [2.24, 2.45) is 0 Å². The van der Waals surface area contributed by atoms with Crippen LogP contribution in [0.5, 0.6) is 0 Å². The van der Waals surface area contributed by atoms with Gasteiger partial charge in [-0.05, 0) is 13.3 Å². The summed E-state index contributed by atoms with van der Waals surface area (Å²) in [4.78, 5) is 37.6. The highest BCUT2D eigenvalue weighted by molar-refractivity contribution is 8.14. The van der Waals surface area contributed by atoms with Crippen LogP contribution in [0.1, 0.15) is 13.3 Å². The average Bonchev–Trinajstić information content (AvgIpc) is 2.86. The van der Waals surface area contributed by atoms with E-state index in [-0.39, 0.29) is 29.0 Å². The molecule has 0 aromatic rings. The Morgan fingerprint density at radius 1 is 1.53 bits per heavy atom. The highest BCUT2D eigenvalue weighted by atomic mass is 32.2. The lowest BCUT2D eigenvalue weighted by molar-refractivity contribution is -0.126. The lowest BCUT2D eigenvalue weighted by atomic mass is 10.2.